The molecule has 4 heteroatoms. The Hall–Kier alpha value is -0.673. The molecule has 0 unspecified atom stereocenters. The largest absolute Gasteiger partial charge is 4.00 e. The van der Waals surface area contributed by atoms with Crippen LogP contribution in [0.2, 0.25) is 13.1 Å². The first-order chi connectivity index (χ1) is 11.2. The summed E-state index contributed by atoms with van der Waals surface area (Å²) >= 11 is 0. The molecule has 0 bridgehead atoms. The van der Waals surface area contributed by atoms with Crippen molar-refractivity contribution in [1.82, 2.24) is 0 Å². The van der Waals surface area contributed by atoms with Gasteiger partial charge in [-0.15, -0.1) is 57.9 Å². The van der Waals surface area contributed by atoms with Crippen LogP contribution in [0.15, 0.2) is 72.8 Å². The zero-order chi connectivity index (χ0) is 16.7. The third kappa shape index (κ3) is 7.52. The summed E-state index contributed by atoms with van der Waals surface area (Å²) in [7, 11) is 1.08. The van der Waals surface area contributed by atoms with Crippen molar-refractivity contribution in [3.05, 3.63) is 83.9 Å². The molecule has 4 aromatic carbocycles. The zero-order valence-corrected chi connectivity index (χ0v) is 21.8. The molecular weight excluding hydrogens is 542 g/mol. The van der Waals surface area contributed by atoms with Crippen molar-refractivity contribution in [2.24, 2.45) is 0 Å². The SMILES string of the molecule is C[Si]C.Cc1cccc2[cH-]ccc12.Cc1cccc2[cH-]ccc12.[Cl-].[Cl-].[Hf+4]. The molecule has 134 valence electrons. The Morgan fingerprint density at radius 1 is 0.654 bits per heavy atom. The van der Waals surface area contributed by atoms with Gasteiger partial charge in [-0.2, -0.15) is 24.3 Å². The fourth-order valence-electron chi connectivity index (χ4n) is 2.65. The van der Waals surface area contributed by atoms with Gasteiger partial charge in [0, 0.05) is 9.52 Å². The summed E-state index contributed by atoms with van der Waals surface area (Å²) in [6, 6.07) is 25.5. The normalized spacial score (nSPS) is 8.77. The fourth-order valence-corrected chi connectivity index (χ4v) is 2.65. The number of rotatable bonds is 0. The van der Waals surface area contributed by atoms with E-state index in [0.717, 1.165) is 9.52 Å². The van der Waals surface area contributed by atoms with Crippen LogP contribution < -0.4 is 24.8 Å². The van der Waals surface area contributed by atoms with Crippen LogP contribution in [0.5, 0.6) is 0 Å². The molecule has 4 rings (SSSR count). The van der Waals surface area contributed by atoms with E-state index in [9.17, 15) is 0 Å². The molecule has 0 fully saturated rings. The molecule has 4 aromatic rings. The second-order valence-electron chi connectivity index (χ2n) is 5.71. The predicted octanol–water partition coefficient (Wildman–Crippen LogP) is 0.527. The number of halogens is 2. The van der Waals surface area contributed by atoms with Crippen molar-refractivity contribution in [3.63, 3.8) is 0 Å². The van der Waals surface area contributed by atoms with Gasteiger partial charge in [0.1, 0.15) is 0 Å². The molecule has 0 saturated heterocycles. The van der Waals surface area contributed by atoms with Crippen molar-refractivity contribution in [1.29, 1.82) is 0 Å². The van der Waals surface area contributed by atoms with E-state index in [0.29, 0.717) is 0 Å². The summed E-state index contributed by atoms with van der Waals surface area (Å²) in [4.78, 5) is 0. The number of hydrogen-bond donors (Lipinski definition) is 0. The molecule has 0 nitrogen and oxygen atoms in total. The molecule has 2 radical (unpaired) electrons. The quantitative estimate of drug-likeness (QED) is 0.216. The number of fused-ring (bicyclic) bond motifs is 2. The van der Waals surface area contributed by atoms with Gasteiger partial charge in [0.2, 0.25) is 0 Å². The van der Waals surface area contributed by atoms with Gasteiger partial charge in [-0.1, -0.05) is 36.4 Å². The number of hydrogen-bond acceptors (Lipinski definition) is 0. The van der Waals surface area contributed by atoms with E-state index >= 15 is 0 Å². The van der Waals surface area contributed by atoms with E-state index in [1.165, 1.54) is 32.7 Å². The number of benzene rings is 2. The molecule has 0 aliphatic carbocycles. The Morgan fingerprint density at radius 3 is 1.31 bits per heavy atom. The standard InChI is InChI=1S/2C10H9.C2H6Si.2ClH.Hf/c2*1-8-4-2-5-9-6-3-7-10(8)9;1-3-2;;;/h2*2-7H,1H3;1-2H3;2*1H;/q2*-1;;;;+4/p-2. The molecule has 0 heterocycles. The Kier molecular flexibility index (Phi) is 15.2. The van der Waals surface area contributed by atoms with Crippen molar-refractivity contribution >= 4 is 31.1 Å². The molecule has 26 heavy (non-hydrogen) atoms. The first-order valence-corrected chi connectivity index (χ1v) is 9.98. The minimum atomic E-state index is 0. The van der Waals surface area contributed by atoms with Crippen LogP contribution in [-0.2, 0) is 25.8 Å². The van der Waals surface area contributed by atoms with E-state index < -0.39 is 0 Å². The van der Waals surface area contributed by atoms with E-state index in [2.05, 4.69) is 99.7 Å². The predicted molar refractivity (Wildman–Crippen MR) is 106 cm³/mol. The van der Waals surface area contributed by atoms with Gasteiger partial charge in [0.15, 0.2) is 0 Å². The Balaban J connectivity index is 0. The second-order valence-corrected chi connectivity index (χ2v) is 6.71. The van der Waals surface area contributed by atoms with E-state index in [-0.39, 0.29) is 50.7 Å². The summed E-state index contributed by atoms with van der Waals surface area (Å²) in [5.41, 5.74) is 2.73. The van der Waals surface area contributed by atoms with Crippen molar-refractivity contribution in [2.45, 2.75) is 26.9 Å². The molecule has 0 atom stereocenters. The van der Waals surface area contributed by atoms with E-state index in [1.54, 1.807) is 0 Å². The monoisotopic (exact) mass is 566 g/mol. The van der Waals surface area contributed by atoms with Crippen LogP contribution >= 0.6 is 0 Å². The molecule has 0 aromatic heterocycles. The Labute approximate surface area is 191 Å². The van der Waals surface area contributed by atoms with E-state index in [4.69, 9.17) is 0 Å². The summed E-state index contributed by atoms with van der Waals surface area (Å²) < 4.78 is 0. The Morgan fingerprint density at radius 2 is 1.00 bits per heavy atom. The van der Waals surface area contributed by atoms with Gasteiger partial charge >= 0.3 is 25.8 Å². The molecule has 0 spiro atoms. The molecule has 0 aliphatic heterocycles. The zero-order valence-electron chi connectivity index (χ0n) is 15.7. The van der Waals surface area contributed by atoms with Gasteiger partial charge in [0.05, 0.1) is 0 Å². The first kappa shape index (κ1) is 27.5. The summed E-state index contributed by atoms with van der Waals surface area (Å²) in [5.74, 6) is 0. The van der Waals surface area contributed by atoms with Crippen molar-refractivity contribution in [3.8, 4) is 0 Å². The summed E-state index contributed by atoms with van der Waals surface area (Å²) in [5, 5.41) is 5.45. The Bertz CT molecular complexity index is 792. The molecule has 0 saturated carbocycles. The van der Waals surface area contributed by atoms with Gasteiger partial charge < -0.3 is 24.8 Å². The number of aryl methyl sites for hydroxylation is 2. The minimum Gasteiger partial charge on any atom is -1.00 e. The molecule has 0 N–H and O–H groups in total. The summed E-state index contributed by atoms with van der Waals surface area (Å²) in [6.07, 6.45) is 0. The minimum absolute atomic E-state index is 0. The van der Waals surface area contributed by atoms with Crippen LogP contribution in [0.25, 0.3) is 21.5 Å². The van der Waals surface area contributed by atoms with Gasteiger partial charge in [-0.05, 0) is 13.8 Å². The van der Waals surface area contributed by atoms with Crippen LogP contribution in [0.3, 0.4) is 0 Å². The third-order valence-electron chi connectivity index (χ3n) is 3.79. The molecule has 0 aliphatic rings. The fraction of sp³-hybridized carbons (Fsp3) is 0.182. The van der Waals surface area contributed by atoms with Gasteiger partial charge in [0.25, 0.3) is 0 Å². The van der Waals surface area contributed by atoms with Crippen LogP contribution in [0.4, 0.5) is 0 Å². The average Bonchev–Trinajstić information content (AvgIpc) is 3.18. The van der Waals surface area contributed by atoms with Crippen molar-refractivity contribution < 1.29 is 50.7 Å². The molecular formula is C22H24Cl2HfSi. The smallest absolute Gasteiger partial charge is 1.00 e. The molecule has 0 amide bonds. The van der Waals surface area contributed by atoms with E-state index in [1.807, 2.05) is 0 Å². The summed E-state index contributed by atoms with van der Waals surface area (Å²) in [6.45, 7) is 8.59. The van der Waals surface area contributed by atoms with Gasteiger partial charge in [-0.25, -0.2) is 0 Å². The van der Waals surface area contributed by atoms with Crippen LogP contribution in [0, 0.1) is 13.8 Å². The topological polar surface area (TPSA) is 0 Å². The second kappa shape index (κ2) is 14.4. The van der Waals surface area contributed by atoms with Crippen molar-refractivity contribution in [2.75, 3.05) is 0 Å². The third-order valence-corrected chi connectivity index (χ3v) is 3.79. The average molecular weight is 566 g/mol. The maximum absolute atomic E-state index is 2.16. The van der Waals surface area contributed by atoms with Crippen LogP contribution in [0.1, 0.15) is 11.1 Å². The van der Waals surface area contributed by atoms with Gasteiger partial charge in [-0.3, -0.25) is 0 Å². The van der Waals surface area contributed by atoms with Crippen LogP contribution in [-0.4, -0.2) is 9.52 Å². The first-order valence-electron chi connectivity index (χ1n) is 7.98. The maximum atomic E-state index is 2.16. The maximum Gasteiger partial charge on any atom is 4.00 e.